The third-order valence-corrected chi connectivity index (χ3v) is 4.44. The van der Waals surface area contributed by atoms with E-state index < -0.39 is 0 Å². The van der Waals surface area contributed by atoms with Crippen LogP contribution in [-0.2, 0) is 16.1 Å². The minimum atomic E-state index is -0.346. The number of anilines is 1. The number of halogens is 1. The molecule has 0 bridgehead atoms. The van der Waals surface area contributed by atoms with Crippen molar-refractivity contribution in [3.05, 3.63) is 52.6 Å². The van der Waals surface area contributed by atoms with Crippen LogP contribution in [0.5, 0.6) is 5.75 Å². The Labute approximate surface area is 164 Å². The summed E-state index contributed by atoms with van der Waals surface area (Å²) in [6, 6.07) is 10.5. The molecule has 1 aromatic carbocycles. The lowest BCUT2D eigenvalue weighted by Gasteiger charge is -2.06. The zero-order valence-electron chi connectivity index (χ0n) is 14.3. The molecule has 0 radical (unpaired) electrons. The van der Waals surface area contributed by atoms with Crippen molar-refractivity contribution in [1.29, 1.82) is 0 Å². The van der Waals surface area contributed by atoms with Crippen molar-refractivity contribution in [3.63, 3.8) is 0 Å². The van der Waals surface area contributed by atoms with Crippen molar-refractivity contribution >= 4 is 39.9 Å². The molecule has 7 nitrogen and oxygen atoms in total. The highest BCUT2D eigenvalue weighted by atomic mass is 35.5. The molecule has 140 valence electrons. The largest absolute Gasteiger partial charge is 0.482 e. The maximum Gasteiger partial charge on any atom is 0.264 e. The van der Waals surface area contributed by atoms with Gasteiger partial charge < -0.3 is 14.5 Å². The van der Waals surface area contributed by atoms with Gasteiger partial charge in [-0.15, -0.1) is 11.3 Å². The monoisotopic (exact) mass is 405 g/mol. The molecular weight excluding hydrogens is 390 g/mol. The number of carbonyl (C=O) groups excluding carboxylic acids is 2. The van der Waals surface area contributed by atoms with Gasteiger partial charge >= 0.3 is 0 Å². The second-order valence-corrected chi connectivity index (χ2v) is 6.75. The fraction of sp³-hybridized carbons (Fsp3) is 0.167. The molecule has 2 heterocycles. The first-order chi connectivity index (χ1) is 13.0. The van der Waals surface area contributed by atoms with Gasteiger partial charge in [-0.05, 0) is 24.3 Å². The second-order valence-electron chi connectivity index (χ2n) is 5.48. The van der Waals surface area contributed by atoms with Crippen LogP contribution in [0.1, 0.15) is 12.7 Å². The van der Waals surface area contributed by atoms with E-state index in [1.807, 2.05) is 0 Å². The molecule has 0 saturated heterocycles. The van der Waals surface area contributed by atoms with Crippen LogP contribution in [-0.4, -0.2) is 23.4 Å². The lowest BCUT2D eigenvalue weighted by Crippen LogP contribution is -2.20. The van der Waals surface area contributed by atoms with Gasteiger partial charge in [-0.3, -0.25) is 14.9 Å². The van der Waals surface area contributed by atoms with E-state index in [4.69, 9.17) is 20.8 Å². The van der Waals surface area contributed by atoms with Crippen molar-refractivity contribution in [2.45, 2.75) is 13.5 Å². The number of thiazole rings is 1. The molecule has 9 heteroatoms. The summed E-state index contributed by atoms with van der Waals surface area (Å²) in [6.45, 7) is 1.57. The maximum absolute atomic E-state index is 12.0. The third-order valence-electron chi connectivity index (χ3n) is 3.37. The summed E-state index contributed by atoms with van der Waals surface area (Å²) in [7, 11) is 0. The number of carbonyl (C=O) groups is 2. The Morgan fingerprint density at radius 3 is 2.85 bits per heavy atom. The summed E-state index contributed by atoms with van der Waals surface area (Å²) >= 11 is 7.25. The van der Waals surface area contributed by atoms with Gasteiger partial charge in [0, 0.05) is 12.3 Å². The predicted octanol–water partition coefficient (Wildman–Crippen LogP) is 3.71. The van der Waals surface area contributed by atoms with E-state index in [0.717, 1.165) is 0 Å². The average molecular weight is 406 g/mol. The van der Waals surface area contributed by atoms with Gasteiger partial charge in [-0.1, -0.05) is 23.7 Å². The van der Waals surface area contributed by atoms with E-state index in [0.29, 0.717) is 39.7 Å². The number of hydrogen-bond acceptors (Lipinski definition) is 6. The highest BCUT2D eigenvalue weighted by Gasteiger charge is 2.12. The average Bonchev–Trinajstić information content (AvgIpc) is 3.28. The zero-order chi connectivity index (χ0) is 19.2. The molecule has 3 aromatic rings. The van der Waals surface area contributed by atoms with Gasteiger partial charge in [0.2, 0.25) is 5.91 Å². The first-order valence-electron chi connectivity index (χ1n) is 7.97. The Balaban J connectivity index is 1.55. The van der Waals surface area contributed by atoms with Crippen LogP contribution in [0.15, 0.2) is 46.2 Å². The molecule has 2 aromatic heterocycles. The third kappa shape index (κ3) is 5.32. The van der Waals surface area contributed by atoms with Gasteiger partial charge in [-0.25, -0.2) is 4.98 Å². The number of hydrogen-bond donors (Lipinski definition) is 2. The number of nitrogens with zero attached hydrogens (tertiary/aromatic N) is 1. The van der Waals surface area contributed by atoms with Crippen LogP contribution < -0.4 is 15.4 Å². The molecule has 0 saturated carbocycles. The van der Waals surface area contributed by atoms with E-state index >= 15 is 0 Å². The molecule has 0 aliphatic heterocycles. The highest BCUT2D eigenvalue weighted by Crippen LogP contribution is 2.27. The molecular formula is C18H16ClN3O4S. The predicted molar refractivity (Wildman–Crippen MR) is 103 cm³/mol. The minimum Gasteiger partial charge on any atom is -0.482 e. The zero-order valence-corrected chi connectivity index (χ0v) is 15.9. The number of para-hydroxylation sites is 1. The van der Waals surface area contributed by atoms with E-state index in [1.165, 1.54) is 18.3 Å². The standard InChI is InChI=1S/C18H16ClN3O4S/c1-11(23)20-8-12-6-7-16(26-12)14-10-27-18(21-14)22-17(24)9-25-15-5-3-2-4-13(15)19/h2-7,10H,8-9H2,1H3,(H,20,23)(H,21,22,24). The van der Waals surface area contributed by atoms with Crippen molar-refractivity contribution in [1.82, 2.24) is 10.3 Å². The fourth-order valence-electron chi connectivity index (χ4n) is 2.13. The first-order valence-corrected chi connectivity index (χ1v) is 9.23. The smallest absolute Gasteiger partial charge is 0.264 e. The van der Waals surface area contributed by atoms with Gasteiger partial charge in [-0.2, -0.15) is 0 Å². The summed E-state index contributed by atoms with van der Waals surface area (Å²) in [5.41, 5.74) is 0.594. The molecule has 0 unspecified atom stereocenters. The Bertz CT molecular complexity index is 953. The summed E-state index contributed by atoms with van der Waals surface area (Å²) in [5, 5.41) is 7.97. The number of nitrogens with one attached hydrogen (secondary N) is 2. The quantitative estimate of drug-likeness (QED) is 0.625. The van der Waals surface area contributed by atoms with E-state index in [1.54, 1.807) is 41.8 Å². The molecule has 0 fully saturated rings. The van der Waals surface area contributed by atoms with Crippen LogP contribution in [0, 0.1) is 0 Å². The van der Waals surface area contributed by atoms with Gasteiger partial charge in [0.1, 0.15) is 17.2 Å². The molecule has 2 N–H and O–H groups in total. The number of furan rings is 1. The molecule has 0 spiro atoms. The molecule has 0 aliphatic rings. The summed E-state index contributed by atoms with van der Waals surface area (Å²) < 4.78 is 11.0. The Hall–Kier alpha value is -2.84. The fourth-order valence-corrected chi connectivity index (χ4v) is 3.03. The van der Waals surface area contributed by atoms with Crippen LogP contribution in [0.3, 0.4) is 0 Å². The molecule has 2 amide bonds. The van der Waals surface area contributed by atoms with Gasteiger partial charge in [0.05, 0.1) is 11.6 Å². The Morgan fingerprint density at radius 1 is 1.26 bits per heavy atom. The van der Waals surface area contributed by atoms with Crippen LogP contribution in [0.2, 0.25) is 5.02 Å². The van der Waals surface area contributed by atoms with Gasteiger partial charge in [0.25, 0.3) is 5.91 Å². The lowest BCUT2D eigenvalue weighted by molar-refractivity contribution is -0.119. The van der Waals surface area contributed by atoms with Crippen molar-refractivity contribution in [2.24, 2.45) is 0 Å². The molecule has 0 aliphatic carbocycles. The van der Waals surface area contributed by atoms with Crippen molar-refractivity contribution in [2.75, 3.05) is 11.9 Å². The minimum absolute atomic E-state index is 0.134. The molecule has 27 heavy (non-hydrogen) atoms. The second kappa shape index (κ2) is 8.70. The number of ether oxygens (including phenoxy) is 1. The first kappa shape index (κ1) is 18.9. The topological polar surface area (TPSA) is 93.5 Å². The van der Waals surface area contributed by atoms with E-state index in [-0.39, 0.29) is 18.4 Å². The molecule has 3 rings (SSSR count). The number of aromatic nitrogens is 1. The van der Waals surface area contributed by atoms with Gasteiger partial charge in [0.15, 0.2) is 17.5 Å². The molecule has 0 atom stereocenters. The summed E-state index contributed by atoms with van der Waals surface area (Å²) in [6.07, 6.45) is 0. The number of benzene rings is 1. The maximum atomic E-state index is 12.0. The Morgan fingerprint density at radius 2 is 2.07 bits per heavy atom. The van der Waals surface area contributed by atoms with Crippen molar-refractivity contribution < 1.29 is 18.7 Å². The van der Waals surface area contributed by atoms with E-state index in [9.17, 15) is 9.59 Å². The SMILES string of the molecule is CC(=O)NCc1ccc(-c2csc(NC(=O)COc3ccccc3Cl)n2)o1. The van der Waals surface area contributed by atoms with E-state index in [2.05, 4.69) is 15.6 Å². The number of amides is 2. The Kier molecular flexibility index (Phi) is 6.10. The number of rotatable bonds is 7. The normalized spacial score (nSPS) is 10.4. The van der Waals surface area contributed by atoms with Crippen LogP contribution in [0.25, 0.3) is 11.5 Å². The van der Waals surface area contributed by atoms with Crippen molar-refractivity contribution in [3.8, 4) is 17.2 Å². The van der Waals surface area contributed by atoms with Crippen LogP contribution in [0.4, 0.5) is 5.13 Å². The van der Waals surface area contributed by atoms with Crippen LogP contribution >= 0.6 is 22.9 Å². The highest BCUT2D eigenvalue weighted by molar-refractivity contribution is 7.14. The summed E-state index contributed by atoms with van der Waals surface area (Å²) in [5.74, 6) is 1.13. The summed E-state index contributed by atoms with van der Waals surface area (Å²) in [4.78, 5) is 27.3. The lowest BCUT2D eigenvalue weighted by atomic mass is 10.3.